The summed E-state index contributed by atoms with van der Waals surface area (Å²) in [5.74, 6) is -0.0868. The number of aromatic nitrogens is 1. The van der Waals surface area contributed by atoms with Gasteiger partial charge in [-0.05, 0) is 66.9 Å². The lowest BCUT2D eigenvalue weighted by Crippen LogP contribution is -2.58. The van der Waals surface area contributed by atoms with Crippen molar-refractivity contribution in [1.29, 1.82) is 0 Å². The number of carbonyl (C=O) groups is 1. The highest BCUT2D eigenvalue weighted by Gasteiger charge is 2.37. The fraction of sp³-hybridized carbons (Fsp3) is 0.364. The summed E-state index contributed by atoms with van der Waals surface area (Å²) >= 11 is 1.43. The topological polar surface area (TPSA) is 90.8 Å². The van der Waals surface area contributed by atoms with Crippen LogP contribution in [0.3, 0.4) is 0 Å². The maximum absolute atomic E-state index is 13.5. The van der Waals surface area contributed by atoms with Crippen molar-refractivity contribution in [2.24, 2.45) is 0 Å². The van der Waals surface area contributed by atoms with E-state index in [4.69, 9.17) is 5.11 Å². The SMILES string of the molecule is Cc1ccc(N2CC(C)N(S(=O)(=O)c3ccc4scc(CC(=O)O)c4c3)CC2C)nc1. The van der Waals surface area contributed by atoms with Gasteiger partial charge in [0.05, 0.1) is 11.3 Å². The van der Waals surface area contributed by atoms with Crippen molar-refractivity contribution in [3.63, 3.8) is 0 Å². The average Bonchev–Trinajstić information content (AvgIpc) is 3.11. The standard InChI is InChI=1S/C22H25N3O4S2/c1-14-4-7-21(23-10-14)24-11-16(3)25(12-15(24)2)31(28,29)18-5-6-20-19(9-18)17(13-30-20)8-22(26)27/h4-7,9-10,13,15-16H,8,11-12H2,1-3H3,(H,26,27). The van der Waals surface area contributed by atoms with E-state index in [-0.39, 0.29) is 23.4 Å². The highest BCUT2D eigenvalue weighted by atomic mass is 32.2. The second-order valence-electron chi connectivity index (χ2n) is 8.11. The normalized spacial score (nSPS) is 20.3. The van der Waals surface area contributed by atoms with Crippen molar-refractivity contribution in [2.75, 3.05) is 18.0 Å². The zero-order chi connectivity index (χ0) is 22.3. The first kappa shape index (κ1) is 21.7. The number of pyridine rings is 1. The molecule has 9 heteroatoms. The fourth-order valence-electron chi connectivity index (χ4n) is 4.04. The van der Waals surface area contributed by atoms with Crippen molar-refractivity contribution in [3.05, 3.63) is 53.0 Å². The predicted molar refractivity (Wildman–Crippen MR) is 122 cm³/mol. The first-order chi connectivity index (χ1) is 14.7. The van der Waals surface area contributed by atoms with Gasteiger partial charge in [-0.25, -0.2) is 13.4 Å². The van der Waals surface area contributed by atoms with Crippen LogP contribution in [0, 0.1) is 6.92 Å². The van der Waals surface area contributed by atoms with E-state index < -0.39 is 16.0 Å². The Kier molecular flexibility index (Phi) is 5.76. The van der Waals surface area contributed by atoms with E-state index in [2.05, 4.69) is 9.88 Å². The number of aryl methyl sites for hydroxylation is 1. The average molecular weight is 460 g/mol. The quantitative estimate of drug-likeness (QED) is 0.628. The van der Waals surface area contributed by atoms with E-state index in [1.54, 1.807) is 27.9 Å². The van der Waals surface area contributed by atoms with Crippen LogP contribution in [0.5, 0.6) is 0 Å². The van der Waals surface area contributed by atoms with Gasteiger partial charge in [-0.1, -0.05) is 6.07 Å². The largest absolute Gasteiger partial charge is 0.481 e. The molecule has 0 aliphatic carbocycles. The number of rotatable bonds is 5. The second kappa shape index (κ2) is 8.22. The van der Waals surface area contributed by atoms with Crippen LogP contribution in [-0.2, 0) is 21.2 Å². The van der Waals surface area contributed by atoms with Crippen LogP contribution in [0.15, 0.2) is 46.8 Å². The summed E-state index contributed by atoms with van der Waals surface area (Å²) in [6.45, 7) is 6.79. The zero-order valence-electron chi connectivity index (χ0n) is 17.6. The number of nitrogens with zero attached hydrogens (tertiary/aromatic N) is 3. The van der Waals surface area contributed by atoms with Crippen LogP contribution in [0.1, 0.15) is 25.0 Å². The van der Waals surface area contributed by atoms with Crippen LogP contribution in [0.2, 0.25) is 0 Å². The monoisotopic (exact) mass is 459 g/mol. The molecule has 1 N–H and O–H groups in total. The number of aliphatic carboxylic acids is 1. The van der Waals surface area contributed by atoms with E-state index >= 15 is 0 Å². The Labute approximate surface area is 186 Å². The van der Waals surface area contributed by atoms with E-state index in [9.17, 15) is 13.2 Å². The van der Waals surface area contributed by atoms with E-state index in [1.165, 1.54) is 11.3 Å². The van der Waals surface area contributed by atoms with E-state index in [1.807, 2.05) is 39.1 Å². The lowest BCUT2D eigenvalue weighted by molar-refractivity contribution is -0.136. The molecule has 0 saturated carbocycles. The lowest BCUT2D eigenvalue weighted by Gasteiger charge is -2.43. The number of hydrogen-bond acceptors (Lipinski definition) is 6. The molecule has 0 spiro atoms. The minimum absolute atomic E-state index is 0.0337. The van der Waals surface area contributed by atoms with Crippen LogP contribution < -0.4 is 4.90 Å². The second-order valence-corrected chi connectivity index (χ2v) is 10.9. The Morgan fingerprint density at radius 3 is 2.65 bits per heavy atom. The summed E-state index contributed by atoms with van der Waals surface area (Å²) in [6, 6.07) is 8.70. The molecule has 164 valence electrons. The number of sulfonamides is 1. The van der Waals surface area contributed by atoms with Gasteiger partial charge in [-0.15, -0.1) is 11.3 Å². The molecule has 1 saturated heterocycles. The van der Waals surface area contributed by atoms with Crippen molar-refractivity contribution < 1.29 is 18.3 Å². The molecule has 2 atom stereocenters. The molecule has 1 aliphatic rings. The van der Waals surface area contributed by atoms with Crippen LogP contribution in [-0.4, -0.2) is 54.0 Å². The molecular formula is C22H25N3O4S2. The molecule has 7 nitrogen and oxygen atoms in total. The number of carboxylic acid groups (broad SMARTS) is 1. The summed E-state index contributed by atoms with van der Waals surface area (Å²) < 4.78 is 29.4. The molecule has 2 aromatic heterocycles. The first-order valence-electron chi connectivity index (χ1n) is 10.1. The smallest absolute Gasteiger partial charge is 0.307 e. The lowest BCUT2D eigenvalue weighted by atomic mass is 10.1. The van der Waals surface area contributed by atoms with Gasteiger partial charge in [-0.2, -0.15) is 4.31 Å². The number of benzene rings is 1. The summed E-state index contributed by atoms with van der Waals surface area (Å²) in [4.78, 5) is 18.0. The maximum Gasteiger partial charge on any atom is 0.307 e. The summed E-state index contributed by atoms with van der Waals surface area (Å²) in [5.41, 5.74) is 1.72. The predicted octanol–water partition coefficient (Wildman–Crippen LogP) is 3.52. The summed E-state index contributed by atoms with van der Waals surface area (Å²) in [5, 5.41) is 11.6. The fourth-order valence-corrected chi connectivity index (χ4v) is 6.71. The Bertz CT molecular complexity index is 1220. The summed E-state index contributed by atoms with van der Waals surface area (Å²) in [7, 11) is -3.73. The first-order valence-corrected chi connectivity index (χ1v) is 12.4. The maximum atomic E-state index is 13.5. The molecule has 0 bridgehead atoms. The molecule has 0 amide bonds. The molecule has 3 heterocycles. The molecule has 4 rings (SSSR count). The van der Waals surface area contributed by atoms with Crippen molar-refractivity contribution in [3.8, 4) is 0 Å². The Morgan fingerprint density at radius 1 is 1.19 bits per heavy atom. The third-order valence-corrected chi connectivity index (χ3v) is 8.68. The third-order valence-electron chi connectivity index (χ3n) is 5.69. The molecule has 1 fully saturated rings. The van der Waals surface area contributed by atoms with Gasteiger partial charge in [-0.3, -0.25) is 4.79 Å². The molecule has 3 aromatic rings. The number of thiophene rings is 1. The van der Waals surface area contributed by atoms with Gasteiger partial charge < -0.3 is 10.0 Å². The third kappa shape index (κ3) is 4.17. The van der Waals surface area contributed by atoms with Crippen molar-refractivity contribution in [1.82, 2.24) is 9.29 Å². The van der Waals surface area contributed by atoms with Crippen LogP contribution >= 0.6 is 11.3 Å². The number of piperazine rings is 1. The van der Waals surface area contributed by atoms with Gasteiger partial charge in [0.1, 0.15) is 5.82 Å². The van der Waals surface area contributed by atoms with Gasteiger partial charge in [0.25, 0.3) is 0 Å². The molecule has 0 radical (unpaired) electrons. The minimum atomic E-state index is -3.73. The molecule has 1 aromatic carbocycles. The van der Waals surface area contributed by atoms with Gasteiger partial charge in [0.15, 0.2) is 0 Å². The number of hydrogen-bond donors (Lipinski definition) is 1. The molecular weight excluding hydrogens is 434 g/mol. The Balaban J connectivity index is 1.63. The highest BCUT2D eigenvalue weighted by Crippen LogP contribution is 2.32. The number of carboxylic acids is 1. The van der Waals surface area contributed by atoms with E-state index in [0.717, 1.165) is 16.1 Å². The van der Waals surface area contributed by atoms with Crippen LogP contribution in [0.25, 0.3) is 10.1 Å². The number of fused-ring (bicyclic) bond motifs is 1. The summed E-state index contributed by atoms with van der Waals surface area (Å²) in [6.07, 6.45) is 1.69. The van der Waals surface area contributed by atoms with E-state index in [0.29, 0.717) is 24.0 Å². The molecule has 2 unspecified atom stereocenters. The van der Waals surface area contributed by atoms with Gasteiger partial charge in [0.2, 0.25) is 10.0 Å². The van der Waals surface area contributed by atoms with Crippen molar-refractivity contribution >= 4 is 43.2 Å². The molecule has 1 aliphatic heterocycles. The van der Waals surface area contributed by atoms with Gasteiger partial charge in [0, 0.05) is 36.1 Å². The van der Waals surface area contributed by atoms with Crippen molar-refractivity contribution in [2.45, 2.75) is 44.2 Å². The highest BCUT2D eigenvalue weighted by molar-refractivity contribution is 7.89. The Hall–Kier alpha value is -2.49. The molecule has 31 heavy (non-hydrogen) atoms. The zero-order valence-corrected chi connectivity index (χ0v) is 19.3. The number of anilines is 1. The minimum Gasteiger partial charge on any atom is -0.481 e. The van der Waals surface area contributed by atoms with Crippen LogP contribution in [0.4, 0.5) is 5.82 Å². The van der Waals surface area contributed by atoms with Gasteiger partial charge >= 0.3 is 5.97 Å². The Morgan fingerprint density at radius 2 is 1.97 bits per heavy atom.